The summed E-state index contributed by atoms with van der Waals surface area (Å²) >= 11 is 0. The van der Waals surface area contributed by atoms with E-state index in [4.69, 9.17) is 9.84 Å². The zero-order valence-electron chi connectivity index (χ0n) is 9.75. The van der Waals surface area contributed by atoms with E-state index in [1.807, 2.05) is 25.1 Å². The van der Waals surface area contributed by atoms with Crippen LogP contribution in [-0.2, 0) is 0 Å². The molecule has 0 saturated heterocycles. The molecule has 92 valence electrons. The van der Waals surface area contributed by atoms with Crippen LogP contribution >= 0.6 is 0 Å². The van der Waals surface area contributed by atoms with Crippen molar-refractivity contribution in [3.8, 4) is 17.2 Å². The molecule has 2 N–H and O–H groups in total. The number of rotatable bonds is 3. The molecule has 0 aliphatic heterocycles. The Morgan fingerprint density at radius 3 is 2.44 bits per heavy atom. The summed E-state index contributed by atoms with van der Waals surface area (Å²) in [5.74, 6) is -0.456. The summed E-state index contributed by atoms with van der Waals surface area (Å²) in [5.41, 5.74) is 0.908. The molecule has 18 heavy (non-hydrogen) atoms. The van der Waals surface area contributed by atoms with Crippen molar-refractivity contribution in [1.82, 2.24) is 0 Å². The molecule has 0 aromatic heterocycles. The molecule has 0 atom stereocenters. The molecule has 2 rings (SSSR count). The van der Waals surface area contributed by atoms with Gasteiger partial charge in [-0.2, -0.15) is 0 Å². The van der Waals surface area contributed by atoms with Crippen LogP contribution in [0.2, 0.25) is 0 Å². The van der Waals surface area contributed by atoms with Gasteiger partial charge in [-0.25, -0.2) is 4.79 Å². The molecule has 0 spiro atoms. The van der Waals surface area contributed by atoms with Gasteiger partial charge in [0.1, 0.15) is 22.8 Å². The third kappa shape index (κ3) is 2.60. The van der Waals surface area contributed by atoms with Gasteiger partial charge in [-0.3, -0.25) is 0 Å². The van der Waals surface area contributed by atoms with Crippen molar-refractivity contribution in [2.24, 2.45) is 0 Å². The summed E-state index contributed by atoms with van der Waals surface area (Å²) in [5, 5.41) is 18.3. The molecule has 0 amide bonds. The van der Waals surface area contributed by atoms with Crippen molar-refractivity contribution in [3.63, 3.8) is 0 Å². The first kappa shape index (κ1) is 12.0. The first-order valence-corrected chi connectivity index (χ1v) is 5.37. The second-order valence-electron chi connectivity index (χ2n) is 3.90. The highest BCUT2D eigenvalue weighted by Crippen LogP contribution is 2.27. The molecule has 0 radical (unpaired) electrons. The van der Waals surface area contributed by atoms with E-state index in [0.29, 0.717) is 11.5 Å². The fourth-order valence-corrected chi connectivity index (χ4v) is 1.57. The fraction of sp³-hybridized carbons (Fsp3) is 0.0714. The minimum atomic E-state index is -1.17. The number of hydrogen-bond acceptors (Lipinski definition) is 3. The largest absolute Gasteiger partial charge is 0.507 e. The van der Waals surface area contributed by atoms with Crippen molar-refractivity contribution >= 4 is 5.97 Å². The van der Waals surface area contributed by atoms with Gasteiger partial charge in [0, 0.05) is 6.07 Å². The summed E-state index contributed by atoms with van der Waals surface area (Å²) < 4.78 is 5.52. The predicted octanol–water partition coefficient (Wildman–Crippen LogP) is 3.19. The summed E-state index contributed by atoms with van der Waals surface area (Å²) in [7, 11) is 0. The summed E-state index contributed by atoms with van der Waals surface area (Å²) in [6, 6.07) is 11.5. The Bertz CT molecular complexity index is 590. The molecular formula is C14H12O4. The average molecular weight is 244 g/mol. The van der Waals surface area contributed by atoms with Gasteiger partial charge in [-0.05, 0) is 36.8 Å². The standard InChI is InChI=1S/C14H12O4/c1-9-3-2-4-10(7-9)18-11-5-6-12(14(16)17)13(15)8-11/h2-8,15H,1H3,(H,16,17). The Hall–Kier alpha value is -2.49. The van der Waals surface area contributed by atoms with Crippen molar-refractivity contribution in [2.75, 3.05) is 0 Å². The van der Waals surface area contributed by atoms with Crippen LogP contribution in [-0.4, -0.2) is 16.2 Å². The number of ether oxygens (including phenoxy) is 1. The molecular weight excluding hydrogens is 232 g/mol. The zero-order valence-corrected chi connectivity index (χ0v) is 9.75. The van der Waals surface area contributed by atoms with Crippen LogP contribution in [0.15, 0.2) is 42.5 Å². The highest BCUT2D eigenvalue weighted by Gasteiger charge is 2.10. The smallest absolute Gasteiger partial charge is 0.339 e. The van der Waals surface area contributed by atoms with Crippen molar-refractivity contribution in [2.45, 2.75) is 6.92 Å². The fourth-order valence-electron chi connectivity index (χ4n) is 1.57. The minimum absolute atomic E-state index is 0.147. The lowest BCUT2D eigenvalue weighted by Gasteiger charge is -2.07. The van der Waals surface area contributed by atoms with E-state index in [1.165, 1.54) is 18.2 Å². The number of carboxylic acids is 1. The summed E-state index contributed by atoms with van der Waals surface area (Å²) in [4.78, 5) is 10.7. The zero-order chi connectivity index (χ0) is 13.1. The molecule has 0 heterocycles. The number of carboxylic acid groups (broad SMARTS) is 1. The number of benzene rings is 2. The number of hydrogen-bond donors (Lipinski definition) is 2. The van der Waals surface area contributed by atoms with Gasteiger partial charge in [0.15, 0.2) is 0 Å². The van der Waals surface area contributed by atoms with Crippen LogP contribution < -0.4 is 4.74 Å². The maximum Gasteiger partial charge on any atom is 0.339 e. The van der Waals surface area contributed by atoms with E-state index in [0.717, 1.165) is 5.56 Å². The maximum absolute atomic E-state index is 10.7. The normalized spacial score (nSPS) is 10.1. The van der Waals surface area contributed by atoms with Gasteiger partial charge < -0.3 is 14.9 Å². The molecule has 2 aromatic carbocycles. The maximum atomic E-state index is 10.7. The second kappa shape index (κ2) is 4.79. The van der Waals surface area contributed by atoms with E-state index >= 15 is 0 Å². The van der Waals surface area contributed by atoms with E-state index in [9.17, 15) is 9.90 Å². The number of aromatic hydroxyl groups is 1. The third-order valence-electron chi connectivity index (χ3n) is 2.42. The van der Waals surface area contributed by atoms with Crippen LogP contribution in [0.3, 0.4) is 0 Å². The molecule has 0 saturated carbocycles. The highest BCUT2D eigenvalue weighted by molar-refractivity contribution is 5.90. The van der Waals surface area contributed by atoms with Crippen molar-refractivity contribution in [1.29, 1.82) is 0 Å². The monoisotopic (exact) mass is 244 g/mol. The second-order valence-corrected chi connectivity index (χ2v) is 3.90. The Morgan fingerprint density at radius 1 is 1.11 bits per heavy atom. The summed E-state index contributed by atoms with van der Waals surface area (Å²) in [6.07, 6.45) is 0. The third-order valence-corrected chi connectivity index (χ3v) is 2.42. The number of aromatic carboxylic acids is 1. The first-order chi connectivity index (χ1) is 8.56. The Morgan fingerprint density at radius 2 is 1.83 bits per heavy atom. The number of carbonyl (C=O) groups is 1. The Kier molecular flexibility index (Phi) is 3.19. The lowest BCUT2D eigenvalue weighted by Crippen LogP contribution is -1.96. The van der Waals surface area contributed by atoms with E-state index in [1.54, 1.807) is 6.07 Å². The first-order valence-electron chi connectivity index (χ1n) is 5.37. The van der Waals surface area contributed by atoms with Gasteiger partial charge >= 0.3 is 5.97 Å². The Balaban J connectivity index is 2.25. The van der Waals surface area contributed by atoms with Crippen molar-refractivity contribution in [3.05, 3.63) is 53.6 Å². The van der Waals surface area contributed by atoms with Gasteiger partial charge in [0.2, 0.25) is 0 Å². The highest BCUT2D eigenvalue weighted by atomic mass is 16.5. The molecule has 4 heteroatoms. The van der Waals surface area contributed by atoms with E-state index in [2.05, 4.69) is 0 Å². The lowest BCUT2D eigenvalue weighted by molar-refractivity contribution is 0.0693. The van der Waals surface area contributed by atoms with E-state index in [-0.39, 0.29) is 11.3 Å². The van der Waals surface area contributed by atoms with Gasteiger partial charge in [-0.15, -0.1) is 0 Å². The van der Waals surface area contributed by atoms with E-state index < -0.39 is 5.97 Å². The molecule has 0 unspecified atom stereocenters. The lowest BCUT2D eigenvalue weighted by atomic mass is 10.2. The molecule has 0 fully saturated rings. The molecule has 0 bridgehead atoms. The predicted molar refractivity (Wildman–Crippen MR) is 66.3 cm³/mol. The van der Waals surface area contributed by atoms with Crippen LogP contribution in [0.25, 0.3) is 0 Å². The molecule has 0 aliphatic rings. The van der Waals surface area contributed by atoms with Crippen LogP contribution in [0, 0.1) is 6.92 Å². The average Bonchev–Trinajstić information content (AvgIpc) is 2.28. The number of phenols is 1. The van der Waals surface area contributed by atoms with Crippen LogP contribution in [0.5, 0.6) is 17.2 Å². The Labute approximate surface area is 104 Å². The SMILES string of the molecule is Cc1cccc(Oc2ccc(C(=O)O)c(O)c2)c1. The topological polar surface area (TPSA) is 66.8 Å². The number of aryl methyl sites for hydroxylation is 1. The van der Waals surface area contributed by atoms with Gasteiger partial charge in [-0.1, -0.05) is 12.1 Å². The molecule has 2 aromatic rings. The van der Waals surface area contributed by atoms with Gasteiger partial charge in [0.05, 0.1) is 0 Å². The summed E-state index contributed by atoms with van der Waals surface area (Å²) in [6.45, 7) is 1.94. The quantitative estimate of drug-likeness (QED) is 0.870. The minimum Gasteiger partial charge on any atom is -0.507 e. The van der Waals surface area contributed by atoms with Crippen molar-refractivity contribution < 1.29 is 19.7 Å². The molecule has 4 nitrogen and oxygen atoms in total. The van der Waals surface area contributed by atoms with Crippen LogP contribution in [0.1, 0.15) is 15.9 Å². The van der Waals surface area contributed by atoms with Crippen LogP contribution in [0.4, 0.5) is 0 Å². The molecule has 0 aliphatic carbocycles. The van der Waals surface area contributed by atoms with Gasteiger partial charge in [0.25, 0.3) is 0 Å².